The summed E-state index contributed by atoms with van der Waals surface area (Å²) in [6.07, 6.45) is 0.589. The molecule has 0 aliphatic carbocycles. The number of fused-ring (bicyclic) bond motifs is 4. The fourth-order valence-corrected chi connectivity index (χ4v) is 4.86. The maximum atomic E-state index is 12.0. The van der Waals surface area contributed by atoms with Crippen molar-refractivity contribution in [3.63, 3.8) is 0 Å². The summed E-state index contributed by atoms with van der Waals surface area (Å²) in [5.41, 5.74) is 7.60. The topological polar surface area (TPSA) is 168 Å². The number of carbonyl (C=O) groups excluding carboxylic acids is 2. The molecule has 2 aromatic heterocycles. The van der Waals surface area contributed by atoms with Crippen LogP contribution in [0.25, 0.3) is 10.2 Å². The van der Waals surface area contributed by atoms with Gasteiger partial charge in [0.1, 0.15) is 10.6 Å². The van der Waals surface area contributed by atoms with E-state index in [1.54, 1.807) is 4.90 Å². The number of anilines is 1. The van der Waals surface area contributed by atoms with E-state index in [1.165, 1.54) is 18.3 Å². The number of halogens is 1. The molecule has 34 heavy (non-hydrogen) atoms. The molecule has 1 aromatic carbocycles. The maximum absolute atomic E-state index is 12.0. The molecule has 4 heterocycles. The van der Waals surface area contributed by atoms with Crippen molar-refractivity contribution >= 4 is 57.4 Å². The number of nitrogens with zero attached hydrogens (tertiary/aromatic N) is 2. The quantitative estimate of drug-likeness (QED) is 0.404. The first-order chi connectivity index (χ1) is 15.8. The zero-order valence-corrected chi connectivity index (χ0v) is 19.7. The van der Waals surface area contributed by atoms with E-state index in [1.807, 2.05) is 18.2 Å². The van der Waals surface area contributed by atoms with Crippen molar-refractivity contribution in [2.75, 3.05) is 18.5 Å². The maximum Gasteiger partial charge on any atom is 0.372 e. The number of hydrogen-bond donors (Lipinski definition) is 4. The van der Waals surface area contributed by atoms with Crippen LogP contribution in [0.3, 0.4) is 0 Å². The Morgan fingerprint density at radius 3 is 2.76 bits per heavy atom. The molecule has 5 N–H and O–H groups in total. The molecule has 0 fully saturated rings. The van der Waals surface area contributed by atoms with Gasteiger partial charge < -0.3 is 30.8 Å². The number of nitrogens with two attached hydrogens (primary N) is 1. The molecule has 0 bridgehead atoms. The minimum absolute atomic E-state index is 0. The molecule has 11 nitrogen and oxygen atoms in total. The van der Waals surface area contributed by atoms with Crippen molar-refractivity contribution in [1.29, 1.82) is 0 Å². The van der Waals surface area contributed by atoms with Crippen LogP contribution in [0.1, 0.15) is 33.5 Å². The van der Waals surface area contributed by atoms with Crippen LogP contribution in [0.5, 0.6) is 5.75 Å². The third kappa shape index (κ3) is 5.03. The molecule has 0 atom stereocenters. The highest BCUT2D eigenvalue weighted by molar-refractivity contribution is 7.18. The van der Waals surface area contributed by atoms with E-state index in [0.717, 1.165) is 16.0 Å². The van der Waals surface area contributed by atoms with Gasteiger partial charge in [-0.05, 0) is 29.7 Å². The molecule has 13 heteroatoms. The number of thiophene rings is 1. The number of aromatic amines is 1. The summed E-state index contributed by atoms with van der Waals surface area (Å²) in [5, 5.41) is 12.1. The van der Waals surface area contributed by atoms with Crippen LogP contribution in [0.2, 0.25) is 0 Å². The van der Waals surface area contributed by atoms with E-state index < -0.39 is 11.5 Å². The zero-order valence-electron chi connectivity index (χ0n) is 18.0. The molecule has 0 unspecified atom stereocenters. The van der Waals surface area contributed by atoms with E-state index in [0.29, 0.717) is 47.7 Å². The first-order valence-electron chi connectivity index (χ1n) is 10.1. The van der Waals surface area contributed by atoms with Crippen LogP contribution >= 0.6 is 23.7 Å². The number of aromatic carboxylic acids is 1. The van der Waals surface area contributed by atoms with Gasteiger partial charge in [-0.25, -0.2) is 9.78 Å². The minimum Gasteiger partial charge on any atom is -0.482 e. The van der Waals surface area contributed by atoms with E-state index in [9.17, 15) is 19.2 Å². The summed E-state index contributed by atoms with van der Waals surface area (Å²) >= 11 is 1.28. The Morgan fingerprint density at radius 2 is 2.09 bits per heavy atom. The Hall–Kier alpha value is -3.48. The SMILES string of the molecule is CC(=O)N1CCc2c(sc3nc(C(=O)O)[nH]c(=O)c23)C1.Cl.NCc1ccc2c(c1)NC(=O)CO2. The molecule has 0 spiro atoms. The summed E-state index contributed by atoms with van der Waals surface area (Å²) in [6.45, 7) is 3.08. The molecule has 0 radical (unpaired) electrons. The van der Waals surface area contributed by atoms with Gasteiger partial charge in [0.05, 0.1) is 17.6 Å². The molecule has 2 aliphatic rings. The number of carboxylic acid groups (broad SMARTS) is 1. The van der Waals surface area contributed by atoms with E-state index >= 15 is 0 Å². The highest BCUT2D eigenvalue weighted by Gasteiger charge is 2.25. The molecule has 2 aliphatic heterocycles. The van der Waals surface area contributed by atoms with Gasteiger partial charge in [-0.1, -0.05) is 6.07 Å². The predicted octanol–water partition coefficient (Wildman–Crippen LogP) is 1.49. The summed E-state index contributed by atoms with van der Waals surface area (Å²) in [4.78, 5) is 54.6. The molecule has 180 valence electrons. The highest BCUT2D eigenvalue weighted by Crippen LogP contribution is 2.32. The van der Waals surface area contributed by atoms with E-state index in [2.05, 4.69) is 15.3 Å². The summed E-state index contributed by atoms with van der Waals surface area (Å²) in [7, 11) is 0. The Kier molecular flexibility index (Phi) is 7.54. The molecule has 0 saturated heterocycles. The van der Waals surface area contributed by atoms with Gasteiger partial charge in [0.25, 0.3) is 11.5 Å². The second-order valence-electron chi connectivity index (χ2n) is 7.47. The lowest BCUT2D eigenvalue weighted by Crippen LogP contribution is -2.33. The number of benzene rings is 1. The van der Waals surface area contributed by atoms with Gasteiger partial charge >= 0.3 is 5.97 Å². The first kappa shape index (κ1) is 25.1. The second kappa shape index (κ2) is 10.2. The van der Waals surface area contributed by atoms with Gasteiger partial charge in [-0.2, -0.15) is 0 Å². The average Bonchev–Trinajstić information content (AvgIpc) is 3.17. The van der Waals surface area contributed by atoms with Crippen LogP contribution in [0.15, 0.2) is 23.0 Å². The van der Waals surface area contributed by atoms with Crippen molar-refractivity contribution in [3.8, 4) is 5.75 Å². The lowest BCUT2D eigenvalue weighted by molar-refractivity contribution is -0.129. The Bertz CT molecular complexity index is 1340. The lowest BCUT2D eigenvalue weighted by atomic mass is 10.1. The van der Waals surface area contributed by atoms with Crippen LogP contribution in [0.4, 0.5) is 5.69 Å². The number of ether oxygens (including phenoxy) is 1. The number of carbonyl (C=O) groups is 3. The molecule has 3 aromatic rings. The Morgan fingerprint density at radius 1 is 1.32 bits per heavy atom. The number of aromatic nitrogens is 2. The molecule has 0 saturated carbocycles. The van der Waals surface area contributed by atoms with Crippen molar-refractivity contribution in [1.82, 2.24) is 14.9 Å². The minimum atomic E-state index is -1.26. The highest BCUT2D eigenvalue weighted by atomic mass is 35.5. The van der Waals surface area contributed by atoms with Crippen molar-refractivity contribution in [2.45, 2.75) is 26.4 Å². The normalized spacial score (nSPS) is 13.9. The summed E-state index contributed by atoms with van der Waals surface area (Å²) < 4.78 is 5.18. The molecule has 5 rings (SSSR count). The first-order valence-corrected chi connectivity index (χ1v) is 10.9. The third-order valence-electron chi connectivity index (χ3n) is 5.27. The number of amides is 2. The zero-order chi connectivity index (χ0) is 23.7. The number of carboxylic acids is 1. The van der Waals surface area contributed by atoms with Crippen LogP contribution in [-0.2, 0) is 29.1 Å². The Labute approximate surface area is 203 Å². The van der Waals surface area contributed by atoms with Gasteiger partial charge in [0.2, 0.25) is 11.7 Å². The summed E-state index contributed by atoms with van der Waals surface area (Å²) in [5.74, 6) is -1.05. The smallest absolute Gasteiger partial charge is 0.372 e. The van der Waals surface area contributed by atoms with Gasteiger partial charge in [0, 0.05) is 24.9 Å². The largest absolute Gasteiger partial charge is 0.482 e. The van der Waals surface area contributed by atoms with Gasteiger partial charge in [0.15, 0.2) is 6.61 Å². The van der Waals surface area contributed by atoms with E-state index in [-0.39, 0.29) is 36.7 Å². The van der Waals surface area contributed by atoms with Crippen LogP contribution < -0.4 is 21.3 Å². The van der Waals surface area contributed by atoms with E-state index in [4.69, 9.17) is 15.6 Å². The fraction of sp³-hybridized carbons (Fsp3) is 0.286. The lowest BCUT2D eigenvalue weighted by Gasteiger charge is -2.25. The van der Waals surface area contributed by atoms with Crippen molar-refractivity contribution in [2.24, 2.45) is 5.73 Å². The third-order valence-corrected chi connectivity index (χ3v) is 6.38. The average molecular weight is 508 g/mol. The number of hydrogen-bond acceptors (Lipinski definition) is 8. The predicted molar refractivity (Wildman–Crippen MR) is 128 cm³/mol. The molecular formula is C21H22ClN5O6S. The van der Waals surface area contributed by atoms with Crippen molar-refractivity contribution in [3.05, 3.63) is 50.4 Å². The monoisotopic (exact) mass is 507 g/mol. The molecular weight excluding hydrogens is 486 g/mol. The van der Waals surface area contributed by atoms with Crippen LogP contribution in [0, 0.1) is 0 Å². The number of nitrogens with one attached hydrogen (secondary N) is 2. The van der Waals surface area contributed by atoms with Crippen molar-refractivity contribution < 1.29 is 24.2 Å². The Balaban J connectivity index is 0.000000201. The van der Waals surface area contributed by atoms with Gasteiger partial charge in [-0.3, -0.25) is 14.4 Å². The number of rotatable bonds is 2. The standard InChI is InChI=1S/C12H11N3O4S.C9H10N2O2.ClH/c1-5(16)15-3-2-6-7(4-15)20-11-8(6)10(17)13-9(14-11)12(18)19;10-4-6-1-2-8-7(3-6)11-9(12)5-13-8;/h2-4H2,1H3,(H,18,19)(H,13,14,17);1-3H,4-5,10H2,(H,11,12);1H. The van der Waals surface area contributed by atoms with Gasteiger partial charge in [-0.15, -0.1) is 23.7 Å². The number of H-pyrrole nitrogens is 1. The fourth-order valence-electron chi connectivity index (χ4n) is 3.63. The van der Waals surface area contributed by atoms with Crippen LogP contribution in [-0.4, -0.2) is 50.9 Å². The summed E-state index contributed by atoms with van der Waals surface area (Å²) in [6, 6.07) is 5.53. The molecule has 2 amide bonds. The second-order valence-corrected chi connectivity index (χ2v) is 8.55.